The molecule has 8 nitrogen and oxygen atoms in total. The first-order valence-corrected chi connectivity index (χ1v) is 11.1. The fourth-order valence-corrected chi connectivity index (χ4v) is 4.88. The summed E-state index contributed by atoms with van der Waals surface area (Å²) in [6, 6.07) is 7.36. The summed E-state index contributed by atoms with van der Waals surface area (Å²) in [5.41, 5.74) is 1.10. The minimum atomic E-state index is -3.95. The number of hydrogen-bond donors (Lipinski definition) is 2. The number of aliphatic carboxylic acids is 1. The van der Waals surface area contributed by atoms with Gasteiger partial charge in [0.05, 0.1) is 10.8 Å². The molecule has 0 saturated heterocycles. The number of likely N-dealkylation sites (N-methyl/N-ethyl adjacent to an activating group) is 1. The predicted octanol–water partition coefficient (Wildman–Crippen LogP) is 2.44. The van der Waals surface area contributed by atoms with E-state index in [4.69, 9.17) is 0 Å². The molecular weight excluding hydrogens is 425 g/mol. The minimum absolute atomic E-state index is 0.0602. The third-order valence-corrected chi connectivity index (χ3v) is 7.30. The Bertz CT molecular complexity index is 1180. The number of aromatic nitrogens is 2. The predicted molar refractivity (Wildman–Crippen MR) is 113 cm³/mol. The first-order chi connectivity index (χ1) is 14.7. The average Bonchev–Trinajstić information content (AvgIpc) is 3.11. The van der Waals surface area contributed by atoms with Crippen LogP contribution in [0.4, 0.5) is 4.39 Å². The number of nitrogens with zero attached hydrogens (tertiary/aromatic N) is 3. The summed E-state index contributed by atoms with van der Waals surface area (Å²) in [4.78, 5) is 15.8. The molecule has 0 aliphatic carbocycles. The van der Waals surface area contributed by atoms with Crippen LogP contribution < -0.4 is 0 Å². The molecule has 1 aromatic carbocycles. The zero-order valence-corrected chi connectivity index (χ0v) is 18.0. The van der Waals surface area contributed by atoms with Crippen LogP contribution in [0, 0.1) is 5.82 Å². The molecule has 0 saturated carbocycles. The zero-order valence-electron chi connectivity index (χ0n) is 17.1. The lowest BCUT2D eigenvalue weighted by Crippen LogP contribution is -2.40. The van der Waals surface area contributed by atoms with E-state index in [2.05, 4.69) is 4.98 Å². The number of rotatable bonds is 9. The van der Waals surface area contributed by atoms with E-state index in [1.165, 1.54) is 19.2 Å². The van der Waals surface area contributed by atoms with E-state index in [9.17, 15) is 27.8 Å². The van der Waals surface area contributed by atoms with Gasteiger partial charge in [-0.15, -0.1) is 0 Å². The van der Waals surface area contributed by atoms with Crippen LogP contribution in [0.25, 0.3) is 11.0 Å². The minimum Gasteiger partial charge on any atom is -0.481 e. The van der Waals surface area contributed by atoms with Gasteiger partial charge in [0, 0.05) is 44.0 Å². The Kier molecular flexibility index (Phi) is 6.73. The summed E-state index contributed by atoms with van der Waals surface area (Å²) in [5, 5.41) is 19.6. The van der Waals surface area contributed by atoms with Crippen molar-refractivity contribution in [2.24, 2.45) is 0 Å². The summed E-state index contributed by atoms with van der Waals surface area (Å²) in [6.45, 7) is 1.47. The number of benzene rings is 1. The van der Waals surface area contributed by atoms with Gasteiger partial charge in [-0.3, -0.25) is 4.79 Å². The van der Waals surface area contributed by atoms with Crippen molar-refractivity contribution in [1.29, 1.82) is 0 Å². The second-order valence-corrected chi connectivity index (χ2v) is 9.31. The van der Waals surface area contributed by atoms with Crippen molar-refractivity contribution in [3.63, 3.8) is 0 Å². The summed E-state index contributed by atoms with van der Waals surface area (Å²) >= 11 is 0. The molecule has 0 amide bonds. The first-order valence-electron chi connectivity index (χ1n) is 9.67. The molecule has 0 bridgehead atoms. The van der Waals surface area contributed by atoms with Crippen molar-refractivity contribution in [1.82, 2.24) is 13.9 Å². The molecule has 3 rings (SSSR count). The molecule has 0 aliphatic heterocycles. The third kappa shape index (κ3) is 4.60. The molecule has 0 radical (unpaired) electrons. The van der Waals surface area contributed by atoms with E-state index in [0.717, 1.165) is 16.4 Å². The molecule has 166 valence electrons. The monoisotopic (exact) mass is 449 g/mol. The van der Waals surface area contributed by atoms with Crippen LogP contribution in [0.15, 0.2) is 53.7 Å². The van der Waals surface area contributed by atoms with Gasteiger partial charge in [0.1, 0.15) is 11.5 Å². The number of fused-ring (bicyclic) bond motifs is 1. The number of pyridine rings is 1. The molecule has 0 spiro atoms. The maximum absolute atomic E-state index is 13.2. The number of hydrogen-bond acceptors (Lipinski definition) is 5. The maximum atomic E-state index is 13.2. The Balaban J connectivity index is 1.99. The maximum Gasteiger partial charge on any atom is 0.310 e. The number of halogens is 1. The fraction of sp³-hybridized carbons (Fsp3) is 0.333. The van der Waals surface area contributed by atoms with Gasteiger partial charge >= 0.3 is 5.97 Å². The van der Waals surface area contributed by atoms with E-state index in [1.54, 1.807) is 36.0 Å². The highest BCUT2D eigenvalue weighted by molar-refractivity contribution is 7.89. The van der Waals surface area contributed by atoms with Crippen LogP contribution >= 0.6 is 0 Å². The lowest BCUT2D eigenvalue weighted by atomic mass is 10.0. The van der Waals surface area contributed by atoms with Gasteiger partial charge < -0.3 is 14.8 Å². The number of carbonyl (C=O) groups is 1. The molecule has 1 unspecified atom stereocenters. The molecule has 3 aromatic rings. The molecule has 2 N–H and O–H groups in total. The Morgan fingerprint density at radius 3 is 2.55 bits per heavy atom. The summed E-state index contributed by atoms with van der Waals surface area (Å²) in [6.07, 6.45) is 3.39. The highest BCUT2D eigenvalue weighted by Gasteiger charge is 2.29. The van der Waals surface area contributed by atoms with Gasteiger partial charge in [0.15, 0.2) is 0 Å². The summed E-state index contributed by atoms with van der Waals surface area (Å²) in [7, 11) is -2.54. The van der Waals surface area contributed by atoms with Gasteiger partial charge in [-0.1, -0.05) is 0 Å². The van der Waals surface area contributed by atoms with Gasteiger partial charge in [-0.25, -0.2) is 17.8 Å². The zero-order chi connectivity index (χ0) is 22.8. The quantitative estimate of drug-likeness (QED) is 0.519. The van der Waals surface area contributed by atoms with Crippen LogP contribution in [0.1, 0.15) is 24.8 Å². The number of aliphatic hydroxyl groups excluding tert-OH is 1. The van der Waals surface area contributed by atoms with Crippen molar-refractivity contribution >= 4 is 27.0 Å². The van der Waals surface area contributed by atoms with Gasteiger partial charge in [0.2, 0.25) is 10.0 Å². The van der Waals surface area contributed by atoms with Crippen molar-refractivity contribution < 1.29 is 27.8 Å². The smallest absolute Gasteiger partial charge is 0.310 e. The van der Waals surface area contributed by atoms with Crippen LogP contribution in [-0.4, -0.2) is 58.2 Å². The molecule has 2 atom stereocenters. The lowest BCUT2D eigenvalue weighted by Gasteiger charge is -2.27. The normalized spacial score (nSPS) is 14.1. The molecule has 2 aromatic heterocycles. The molecule has 0 fully saturated rings. The Labute approximate surface area is 179 Å². The third-order valence-electron chi connectivity index (χ3n) is 5.38. The van der Waals surface area contributed by atoms with Gasteiger partial charge in [-0.05, 0) is 55.3 Å². The fourth-order valence-electron chi connectivity index (χ4n) is 3.50. The molecule has 31 heavy (non-hydrogen) atoms. The topological polar surface area (TPSA) is 113 Å². The van der Waals surface area contributed by atoms with Crippen LogP contribution in [0.3, 0.4) is 0 Å². The molecule has 0 aliphatic rings. The van der Waals surface area contributed by atoms with Crippen molar-refractivity contribution in [2.45, 2.75) is 36.7 Å². The largest absolute Gasteiger partial charge is 0.481 e. The second kappa shape index (κ2) is 9.13. The summed E-state index contributed by atoms with van der Waals surface area (Å²) in [5.74, 6) is -2.30. The van der Waals surface area contributed by atoms with E-state index >= 15 is 0 Å². The average molecular weight is 450 g/mol. The molecular formula is C21H24FN3O5S. The van der Waals surface area contributed by atoms with E-state index in [-0.39, 0.29) is 24.5 Å². The number of carboxylic acids is 1. The van der Waals surface area contributed by atoms with E-state index in [0.29, 0.717) is 16.6 Å². The highest BCUT2D eigenvalue weighted by Crippen LogP contribution is 2.28. The van der Waals surface area contributed by atoms with Gasteiger partial charge in [0.25, 0.3) is 0 Å². The number of aliphatic hydroxyl groups is 1. The number of sulfonamides is 1. The lowest BCUT2D eigenvalue weighted by molar-refractivity contribution is -0.138. The number of carboxylic acid groups (broad SMARTS) is 1. The Morgan fingerprint density at radius 1 is 1.26 bits per heavy atom. The first kappa shape index (κ1) is 22.9. The second-order valence-electron chi connectivity index (χ2n) is 7.31. The highest BCUT2D eigenvalue weighted by atomic mass is 32.2. The van der Waals surface area contributed by atoms with Gasteiger partial charge in [-0.2, -0.15) is 4.31 Å². The molecule has 2 heterocycles. The van der Waals surface area contributed by atoms with E-state index in [1.807, 2.05) is 0 Å². The van der Waals surface area contributed by atoms with Crippen LogP contribution in [-0.2, 0) is 21.4 Å². The van der Waals surface area contributed by atoms with Crippen molar-refractivity contribution in [2.75, 3.05) is 13.7 Å². The van der Waals surface area contributed by atoms with Crippen LogP contribution in [0.2, 0.25) is 0 Å². The van der Waals surface area contributed by atoms with E-state index < -0.39 is 33.8 Å². The Hall–Kier alpha value is -2.82. The standard InChI is InChI=1S/C21H24FN3O5S/c1-14(21(27)28)19-13-25(20-18(19)4-3-10-23-20)12-16(9-11-26)24(2)31(29,30)17-7-5-15(22)6-8-17/h3-8,10,13-14,16,26H,9,11-12H2,1-2H3,(H,27,28)/t14?,16-/m0/s1. The van der Waals surface area contributed by atoms with Crippen molar-refractivity contribution in [3.8, 4) is 0 Å². The summed E-state index contributed by atoms with van der Waals surface area (Å²) < 4.78 is 42.1. The van der Waals surface area contributed by atoms with Crippen LogP contribution in [0.5, 0.6) is 0 Å². The molecule has 10 heteroatoms. The van der Waals surface area contributed by atoms with Crippen molar-refractivity contribution in [3.05, 3.63) is 60.2 Å². The Morgan fingerprint density at radius 2 is 1.94 bits per heavy atom. The SMILES string of the molecule is CC(C(=O)O)c1cn(C[C@H](CCO)N(C)S(=O)(=O)c2ccc(F)cc2)c2ncccc12.